The van der Waals surface area contributed by atoms with E-state index in [4.69, 9.17) is 21.8 Å². The first kappa shape index (κ1) is 14.7. The van der Waals surface area contributed by atoms with Crippen LogP contribution in [-0.4, -0.2) is 36.5 Å². The maximum Gasteiger partial charge on any atom is 0.136 e. The van der Waals surface area contributed by atoms with Gasteiger partial charge in [-0.3, -0.25) is 0 Å². The number of rotatable bonds is 6. The van der Waals surface area contributed by atoms with Crippen LogP contribution in [0.5, 0.6) is 0 Å². The van der Waals surface area contributed by atoms with Gasteiger partial charge in [0.25, 0.3) is 0 Å². The van der Waals surface area contributed by atoms with Crippen molar-refractivity contribution >= 4 is 23.0 Å². The van der Waals surface area contributed by atoms with E-state index in [9.17, 15) is 10.2 Å². The van der Waals surface area contributed by atoms with Gasteiger partial charge in [0.1, 0.15) is 5.76 Å². The lowest BCUT2D eigenvalue weighted by Gasteiger charge is -2.26. The minimum absolute atomic E-state index is 0.0434. The molecule has 108 valence electrons. The van der Waals surface area contributed by atoms with Crippen molar-refractivity contribution < 1.29 is 14.6 Å². The smallest absolute Gasteiger partial charge is 0.136 e. The molecule has 0 radical (unpaired) electrons. The number of furan rings is 1. The predicted octanol–water partition coefficient (Wildman–Crippen LogP) is 1.97. The molecule has 2 aromatic rings. The number of benzene rings is 1. The van der Waals surface area contributed by atoms with Gasteiger partial charge in [-0.15, -0.1) is 0 Å². The lowest BCUT2D eigenvalue weighted by Crippen LogP contribution is -2.30. The molecular formula is C14H17ClN2O3. The molecule has 1 heterocycles. The number of halogens is 1. The third kappa shape index (κ3) is 3.07. The molecule has 0 aliphatic heterocycles. The summed E-state index contributed by atoms with van der Waals surface area (Å²) in [5.74, 6) is 0.634. The number of aliphatic hydroxyl groups excluding tert-OH is 2. The highest BCUT2D eigenvalue weighted by Gasteiger charge is 2.18. The van der Waals surface area contributed by atoms with E-state index >= 15 is 0 Å². The lowest BCUT2D eigenvalue weighted by molar-refractivity contribution is 0.281. The van der Waals surface area contributed by atoms with Crippen LogP contribution in [0.15, 0.2) is 34.9 Å². The maximum absolute atomic E-state index is 9.18. The fraction of sp³-hybridized carbons (Fsp3) is 0.286. The van der Waals surface area contributed by atoms with Crippen LogP contribution in [0.25, 0.3) is 11.3 Å². The van der Waals surface area contributed by atoms with Crippen LogP contribution in [0.2, 0.25) is 5.02 Å². The predicted molar refractivity (Wildman–Crippen MR) is 80.0 cm³/mol. The van der Waals surface area contributed by atoms with Crippen LogP contribution in [-0.2, 0) is 0 Å². The second kappa shape index (κ2) is 6.65. The molecule has 0 spiro atoms. The Hall–Kier alpha value is -1.69. The van der Waals surface area contributed by atoms with Crippen molar-refractivity contribution in [1.82, 2.24) is 0 Å². The fourth-order valence-corrected chi connectivity index (χ4v) is 2.49. The van der Waals surface area contributed by atoms with Crippen LogP contribution in [0.1, 0.15) is 0 Å². The van der Waals surface area contributed by atoms with Gasteiger partial charge in [0, 0.05) is 24.3 Å². The highest BCUT2D eigenvalue weighted by atomic mass is 35.5. The molecule has 0 bridgehead atoms. The molecule has 0 saturated heterocycles. The molecule has 0 atom stereocenters. The van der Waals surface area contributed by atoms with Crippen molar-refractivity contribution in [2.24, 2.45) is 0 Å². The van der Waals surface area contributed by atoms with Crippen molar-refractivity contribution in [1.29, 1.82) is 0 Å². The first-order valence-electron chi connectivity index (χ1n) is 6.27. The molecule has 0 aliphatic carbocycles. The number of nitrogens with zero attached hydrogens (tertiary/aromatic N) is 1. The van der Waals surface area contributed by atoms with Crippen LogP contribution in [0.4, 0.5) is 11.4 Å². The average Bonchev–Trinajstić information content (AvgIpc) is 2.91. The Labute approximate surface area is 122 Å². The molecule has 0 aliphatic rings. The van der Waals surface area contributed by atoms with E-state index in [0.717, 1.165) is 5.56 Å². The largest absolute Gasteiger partial charge is 0.464 e. The standard InChI is InChI=1S/C14H17ClN2O3/c15-12-9-10(16)8-11(13-2-1-7-20-13)14(12)17(3-5-18)4-6-19/h1-2,7-9,18-19H,3-6,16H2. The Kier molecular flexibility index (Phi) is 4.89. The highest BCUT2D eigenvalue weighted by Crippen LogP contribution is 2.39. The van der Waals surface area contributed by atoms with E-state index in [-0.39, 0.29) is 13.2 Å². The van der Waals surface area contributed by atoms with E-state index in [1.54, 1.807) is 29.4 Å². The fourth-order valence-electron chi connectivity index (χ4n) is 2.14. The molecule has 0 saturated carbocycles. The Morgan fingerprint density at radius 1 is 1.20 bits per heavy atom. The van der Waals surface area contributed by atoms with Crippen LogP contribution < -0.4 is 10.6 Å². The van der Waals surface area contributed by atoms with E-state index < -0.39 is 0 Å². The summed E-state index contributed by atoms with van der Waals surface area (Å²) in [5.41, 5.74) is 7.80. The molecule has 20 heavy (non-hydrogen) atoms. The summed E-state index contributed by atoms with van der Waals surface area (Å²) in [6.45, 7) is 0.631. The van der Waals surface area contributed by atoms with Crippen LogP contribution in [0.3, 0.4) is 0 Å². The van der Waals surface area contributed by atoms with Gasteiger partial charge in [0.15, 0.2) is 0 Å². The van der Waals surface area contributed by atoms with Crippen molar-refractivity contribution in [3.05, 3.63) is 35.6 Å². The minimum atomic E-state index is -0.0434. The molecule has 0 unspecified atom stereocenters. The van der Waals surface area contributed by atoms with Crippen LogP contribution in [0, 0.1) is 0 Å². The third-order valence-corrected chi connectivity index (χ3v) is 3.22. The van der Waals surface area contributed by atoms with Gasteiger partial charge >= 0.3 is 0 Å². The number of hydrogen-bond donors (Lipinski definition) is 3. The van der Waals surface area contributed by atoms with Gasteiger partial charge in [-0.1, -0.05) is 11.6 Å². The number of nitrogen functional groups attached to an aromatic ring is 1. The summed E-state index contributed by atoms with van der Waals surface area (Å²) in [6.07, 6.45) is 1.57. The van der Waals surface area contributed by atoms with Gasteiger partial charge < -0.3 is 25.3 Å². The summed E-state index contributed by atoms with van der Waals surface area (Å²) in [4.78, 5) is 1.81. The third-order valence-electron chi connectivity index (χ3n) is 2.93. The molecule has 1 aromatic heterocycles. The maximum atomic E-state index is 9.18. The molecule has 5 nitrogen and oxygen atoms in total. The molecule has 4 N–H and O–H groups in total. The summed E-state index contributed by atoms with van der Waals surface area (Å²) < 4.78 is 5.41. The minimum Gasteiger partial charge on any atom is -0.464 e. The molecule has 0 amide bonds. The Balaban J connectivity index is 2.54. The molecule has 0 fully saturated rings. The van der Waals surface area contributed by atoms with Crippen molar-refractivity contribution in [3.63, 3.8) is 0 Å². The first-order valence-corrected chi connectivity index (χ1v) is 6.64. The van der Waals surface area contributed by atoms with Gasteiger partial charge in [-0.25, -0.2) is 0 Å². The van der Waals surface area contributed by atoms with Crippen molar-refractivity contribution in [2.45, 2.75) is 0 Å². The molecule has 6 heteroatoms. The van der Waals surface area contributed by atoms with Crippen molar-refractivity contribution in [2.75, 3.05) is 36.9 Å². The summed E-state index contributed by atoms with van der Waals surface area (Å²) in [5, 5.41) is 18.8. The second-order valence-corrected chi connectivity index (χ2v) is 4.72. The summed E-state index contributed by atoms with van der Waals surface area (Å²) >= 11 is 6.29. The molecular weight excluding hydrogens is 280 g/mol. The zero-order valence-corrected chi connectivity index (χ0v) is 11.7. The Bertz CT molecular complexity index is 552. The highest BCUT2D eigenvalue weighted by molar-refractivity contribution is 6.34. The zero-order chi connectivity index (χ0) is 14.5. The average molecular weight is 297 g/mol. The second-order valence-electron chi connectivity index (χ2n) is 4.31. The number of nitrogens with two attached hydrogens (primary N) is 1. The zero-order valence-electron chi connectivity index (χ0n) is 10.9. The summed E-state index contributed by atoms with van der Waals surface area (Å²) in [7, 11) is 0. The Morgan fingerprint density at radius 3 is 2.45 bits per heavy atom. The van der Waals surface area contributed by atoms with E-state index in [0.29, 0.717) is 35.2 Å². The van der Waals surface area contributed by atoms with E-state index in [1.807, 2.05) is 6.07 Å². The van der Waals surface area contributed by atoms with Gasteiger partial charge in [-0.05, 0) is 24.3 Å². The van der Waals surface area contributed by atoms with Gasteiger partial charge in [0.05, 0.1) is 30.2 Å². The first-order chi connectivity index (χ1) is 9.67. The lowest BCUT2D eigenvalue weighted by atomic mass is 10.1. The van der Waals surface area contributed by atoms with Gasteiger partial charge in [0.2, 0.25) is 0 Å². The number of anilines is 2. The monoisotopic (exact) mass is 296 g/mol. The quantitative estimate of drug-likeness (QED) is 0.710. The van der Waals surface area contributed by atoms with Gasteiger partial charge in [-0.2, -0.15) is 0 Å². The number of aliphatic hydroxyl groups is 2. The molecule has 2 rings (SSSR count). The van der Waals surface area contributed by atoms with Crippen molar-refractivity contribution in [3.8, 4) is 11.3 Å². The topological polar surface area (TPSA) is 82.9 Å². The summed E-state index contributed by atoms with van der Waals surface area (Å²) in [6, 6.07) is 7.00. The SMILES string of the molecule is Nc1cc(Cl)c(N(CCO)CCO)c(-c2ccco2)c1. The molecule has 1 aromatic carbocycles. The van der Waals surface area contributed by atoms with Crippen LogP contribution >= 0.6 is 11.6 Å². The van der Waals surface area contributed by atoms with E-state index in [1.165, 1.54) is 0 Å². The number of hydrogen-bond acceptors (Lipinski definition) is 5. The Morgan fingerprint density at radius 2 is 1.90 bits per heavy atom. The normalized spacial score (nSPS) is 10.8. The van der Waals surface area contributed by atoms with E-state index in [2.05, 4.69) is 0 Å².